The molecule has 0 saturated heterocycles. The maximum absolute atomic E-state index is 11.7. The van der Waals surface area contributed by atoms with Crippen LogP contribution in [0.2, 0.25) is 0 Å². The van der Waals surface area contributed by atoms with Crippen LogP contribution in [0.5, 0.6) is 11.5 Å². The lowest BCUT2D eigenvalue weighted by Crippen LogP contribution is -2.17. The van der Waals surface area contributed by atoms with E-state index in [9.17, 15) is 4.79 Å². The van der Waals surface area contributed by atoms with Crippen molar-refractivity contribution in [2.45, 2.75) is 19.1 Å². The molecule has 1 heterocycles. The first-order valence-corrected chi connectivity index (χ1v) is 7.01. The lowest BCUT2D eigenvalue weighted by Gasteiger charge is -2.19. The van der Waals surface area contributed by atoms with Crippen LogP contribution in [-0.4, -0.2) is 30.1 Å². The molecule has 18 heavy (non-hydrogen) atoms. The summed E-state index contributed by atoms with van der Waals surface area (Å²) >= 11 is 1.62. The van der Waals surface area contributed by atoms with E-state index in [0.717, 1.165) is 11.4 Å². The van der Waals surface area contributed by atoms with Gasteiger partial charge in [-0.25, -0.2) is 0 Å². The predicted octanol–water partition coefficient (Wildman–Crippen LogP) is 2.54. The minimum Gasteiger partial charge on any atom is -0.486 e. The first kappa shape index (κ1) is 13.1. The normalized spacial score (nSPS) is 13.5. The maximum atomic E-state index is 11.7. The van der Waals surface area contributed by atoms with Gasteiger partial charge in [0.05, 0.1) is 5.75 Å². The summed E-state index contributed by atoms with van der Waals surface area (Å²) in [7, 11) is 0. The molecule has 0 saturated carbocycles. The van der Waals surface area contributed by atoms with Gasteiger partial charge in [0.25, 0.3) is 0 Å². The zero-order chi connectivity index (χ0) is 13.0. The summed E-state index contributed by atoms with van der Waals surface area (Å²) in [5, 5.41) is 3.31. The summed E-state index contributed by atoms with van der Waals surface area (Å²) in [6, 6.07) is 5.44. The van der Waals surface area contributed by atoms with Crippen LogP contribution < -0.4 is 14.8 Å². The zero-order valence-corrected chi connectivity index (χ0v) is 11.4. The third-order valence-electron chi connectivity index (χ3n) is 2.37. The first-order valence-electron chi connectivity index (χ1n) is 5.96. The third kappa shape index (κ3) is 3.57. The van der Waals surface area contributed by atoms with Gasteiger partial charge in [0.1, 0.15) is 13.2 Å². The van der Waals surface area contributed by atoms with Crippen molar-refractivity contribution in [3.63, 3.8) is 0 Å². The fourth-order valence-electron chi connectivity index (χ4n) is 1.56. The highest BCUT2D eigenvalue weighted by Crippen LogP contribution is 2.32. The number of hydrogen-bond donors (Lipinski definition) is 1. The average molecular weight is 267 g/mol. The summed E-state index contributed by atoms with van der Waals surface area (Å²) < 4.78 is 10.9. The van der Waals surface area contributed by atoms with Gasteiger partial charge in [-0.2, -0.15) is 0 Å². The van der Waals surface area contributed by atoms with Crippen molar-refractivity contribution in [3.05, 3.63) is 18.2 Å². The molecule has 0 spiro atoms. The number of rotatable bonds is 4. The van der Waals surface area contributed by atoms with Gasteiger partial charge in [0.15, 0.2) is 11.5 Å². The van der Waals surface area contributed by atoms with Crippen LogP contribution in [0, 0.1) is 0 Å². The Bertz CT molecular complexity index is 434. The molecule has 1 aliphatic heterocycles. The fourth-order valence-corrected chi connectivity index (χ4v) is 2.12. The van der Waals surface area contributed by atoms with Gasteiger partial charge >= 0.3 is 0 Å². The number of carbonyl (C=O) groups is 1. The molecule has 0 aliphatic carbocycles. The van der Waals surface area contributed by atoms with Gasteiger partial charge in [-0.3, -0.25) is 4.79 Å². The maximum Gasteiger partial charge on any atom is 0.234 e. The number of amides is 1. The predicted molar refractivity (Wildman–Crippen MR) is 73.7 cm³/mol. The van der Waals surface area contributed by atoms with Gasteiger partial charge in [-0.15, -0.1) is 11.8 Å². The standard InChI is InChI=1S/C13H17NO3S/c1-9(2)18-8-13(15)14-10-3-4-11-12(7-10)17-6-5-16-11/h3-4,7,9H,5-6,8H2,1-2H3,(H,14,15). The molecule has 98 valence electrons. The Morgan fingerprint density at radius 3 is 2.78 bits per heavy atom. The van der Waals surface area contributed by atoms with Crippen LogP contribution in [0.25, 0.3) is 0 Å². The Balaban J connectivity index is 1.95. The summed E-state index contributed by atoms with van der Waals surface area (Å²) in [5.74, 6) is 1.89. The highest BCUT2D eigenvalue weighted by molar-refractivity contribution is 8.00. The molecule has 0 atom stereocenters. The molecular formula is C13H17NO3S. The monoisotopic (exact) mass is 267 g/mol. The zero-order valence-electron chi connectivity index (χ0n) is 10.6. The second-order valence-electron chi connectivity index (χ2n) is 4.27. The molecular weight excluding hydrogens is 250 g/mol. The van der Waals surface area contributed by atoms with Crippen LogP contribution in [0.1, 0.15) is 13.8 Å². The number of benzene rings is 1. The molecule has 1 N–H and O–H groups in total. The second kappa shape index (κ2) is 6.00. The molecule has 1 aliphatic rings. The van der Waals surface area contributed by atoms with Gasteiger partial charge in [0.2, 0.25) is 5.91 Å². The minimum atomic E-state index is 0.00498. The van der Waals surface area contributed by atoms with Crippen LogP contribution in [0.4, 0.5) is 5.69 Å². The number of hydrogen-bond acceptors (Lipinski definition) is 4. The number of thioether (sulfide) groups is 1. The summed E-state index contributed by atoms with van der Waals surface area (Å²) in [6.07, 6.45) is 0. The van der Waals surface area contributed by atoms with Gasteiger partial charge in [-0.05, 0) is 17.4 Å². The Kier molecular flexibility index (Phi) is 4.36. The molecule has 0 aromatic heterocycles. The van der Waals surface area contributed by atoms with E-state index in [1.54, 1.807) is 17.8 Å². The third-order valence-corrected chi connectivity index (χ3v) is 3.47. The average Bonchev–Trinajstić information content (AvgIpc) is 2.36. The Hall–Kier alpha value is -1.36. The minimum absolute atomic E-state index is 0.00498. The quantitative estimate of drug-likeness (QED) is 0.910. The van der Waals surface area contributed by atoms with E-state index in [1.807, 2.05) is 12.1 Å². The summed E-state index contributed by atoms with van der Waals surface area (Å²) in [5.41, 5.74) is 0.744. The van der Waals surface area contributed by atoms with Gasteiger partial charge in [0, 0.05) is 11.8 Å². The fraction of sp³-hybridized carbons (Fsp3) is 0.462. The number of anilines is 1. The van der Waals surface area contributed by atoms with Gasteiger partial charge in [-0.1, -0.05) is 13.8 Å². The molecule has 0 unspecified atom stereocenters. The Labute approximate surface area is 111 Å². The van der Waals surface area contributed by atoms with E-state index in [2.05, 4.69) is 19.2 Å². The van der Waals surface area contributed by atoms with Gasteiger partial charge < -0.3 is 14.8 Å². The van der Waals surface area contributed by atoms with Crippen molar-refractivity contribution in [2.75, 3.05) is 24.3 Å². The highest BCUT2D eigenvalue weighted by atomic mass is 32.2. The largest absolute Gasteiger partial charge is 0.486 e. The Morgan fingerprint density at radius 1 is 1.33 bits per heavy atom. The van der Waals surface area contributed by atoms with E-state index in [1.165, 1.54) is 0 Å². The lowest BCUT2D eigenvalue weighted by molar-refractivity contribution is -0.113. The molecule has 1 amide bonds. The lowest BCUT2D eigenvalue weighted by atomic mass is 10.2. The van der Waals surface area contributed by atoms with Crippen molar-refractivity contribution >= 4 is 23.4 Å². The Morgan fingerprint density at radius 2 is 2.06 bits per heavy atom. The van der Waals surface area contributed by atoms with E-state index in [-0.39, 0.29) is 5.91 Å². The van der Waals surface area contributed by atoms with Crippen molar-refractivity contribution in [1.29, 1.82) is 0 Å². The van der Waals surface area contributed by atoms with Crippen LogP contribution >= 0.6 is 11.8 Å². The molecule has 0 fully saturated rings. The van der Waals surface area contributed by atoms with Crippen molar-refractivity contribution in [2.24, 2.45) is 0 Å². The molecule has 2 rings (SSSR count). The molecule has 4 nitrogen and oxygen atoms in total. The van der Waals surface area contributed by atoms with Crippen LogP contribution in [0.3, 0.4) is 0 Å². The van der Waals surface area contributed by atoms with E-state index in [4.69, 9.17) is 9.47 Å². The van der Waals surface area contributed by atoms with Crippen molar-refractivity contribution in [1.82, 2.24) is 0 Å². The number of nitrogens with one attached hydrogen (secondary N) is 1. The molecule has 5 heteroatoms. The van der Waals surface area contributed by atoms with E-state index in [0.29, 0.717) is 30.0 Å². The summed E-state index contributed by atoms with van der Waals surface area (Å²) in [4.78, 5) is 11.7. The van der Waals surface area contributed by atoms with Crippen molar-refractivity contribution in [3.8, 4) is 11.5 Å². The van der Waals surface area contributed by atoms with Crippen LogP contribution in [-0.2, 0) is 4.79 Å². The van der Waals surface area contributed by atoms with Crippen LogP contribution in [0.15, 0.2) is 18.2 Å². The number of fused-ring (bicyclic) bond motifs is 1. The van der Waals surface area contributed by atoms with E-state index >= 15 is 0 Å². The second-order valence-corrected chi connectivity index (χ2v) is 5.83. The SMILES string of the molecule is CC(C)SCC(=O)Nc1ccc2c(c1)OCCO2. The topological polar surface area (TPSA) is 47.6 Å². The molecule has 0 bridgehead atoms. The molecule has 0 radical (unpaired) electrons. The van der Waals surface area contributed by atoms with Crippen molar-refractivity contribution < 1.29 is 14.3 Å². The number of carbonyl (C=O) groups excluding carboxylic acids is 1. The molecule has 1 aromatic rings. The first-order chi connectivity index (χ1) is 8.65. The highest BCUT2D eigenvalue weighted by Gasteiger charge is 2.12. The summed E-state index contributed by atoms with van der Waals surface area (Å²) in [6.45, 7) is 5.27. The molecule has 1 aromatic carbocycles. The smallest absolute Gasteiger partial charge is 0.234 e. The van der Waals surface area contributed by atoms with E-state index < -0.39 is 0 Å². The number of ether oxygens (including phenoxy) is 2.